The van der Waals surface area contributed by atoms with Crippen LogP contribution in [0.15, 0.2) is 23.1 Å². The smallest absolute Gasteiger partial charge is 0.175 e. The lowest BCUT2D eigenvalue weighted by Crippen LogP contribution is -2.19. The lowest BCUT2D eigenvalue weighted by Gasteiger charge is -2.14. The Kier molecular flexibility index (Phi) is 4.98. The molecule has 0 radical (unpaired) electrons. The first kappa shape index (κ1) is 14.8. The van der Waals surface area contributed by atoms with Crippen LogP contribution < -0.4 is 11.1 Å². The molecule has 0 saturated heterocycles. The van der Waals surface area contributed by atoms with E-state index in [0.717, 1.165) is 12.7 Å². The van der Waals surface area contributed by atoms with Gasteiger partial charge in [-0.25, -0.2) is 8.42 Å². The number of benzene rings is 1. The summed E-state index contributed by atoms with van der Waals surface area (Å²) < 4.78 is 22.7. The fourth-order valence-corrected chi connectivity index (χ4v) is 2.25. The number of nitrogens with two attached hydrogens (primary N) is 1. The van der Waals surface area contributed by atoms with Crippen molar-refractivity contribution in [1.82, 2.24) is 0 Å². The van der Waals surface area contributed by atoms with E-state index in [2.05, 4.69) is 5.32 Å². The Bertz CT molecular complexity index is 500. The van der Waals surface area contributed by atoms with E-state index < -0.39 is 15.9 Å². The minimum atomic E-state index is -3.24. The molecule has 102 valence electrons. The highest BCUT2D eigenvalue weighted by atomic mass is 32.2. The standard InChI is InChI=1S/C12H20N2O3S/c1-3-4-9(15)8-14-12-6-5-10(7-11(12)13)18(2,16)17/h5-7,9,14-15H,3-4,8,13H2,1-2H3. The Balaban J connectivity index is 2.75. The van der Waals surface area contributed by atoms with E-state index in [0.29, 0.717) is 24.3 Å². The minimum absolute atomic E-state index is 0.194. The van der Waals surface area contributed by atoms with Gasteiger partial charge in [0.15, 0.2) is 9.84 Å². The molecule has 0 fully saturated rings. The van der Waals surface area contributed by atoms with Crippen molar-refractivity contribution in [3.63, 3.8) is 0 Å². The minimum Gasteiger partial charge on any atom is -0.397 e. The zero-order valence-electron chi connectivity index (χ0n) is 10.7. The van der Waals surface area contributed by atoms with Gasteiger partial charge in [-0.15, -0.1) is 0 Å². The number of hydrogen-bond donors (Lipinski definition) is 3. The lowest BCUT2D eigenvalue weighted by atomic mass is 10.2. The molecule has 4 N–H and O–H groups in total. The largest absolute Gasteiger partial charge is 0.397 e. The number of aliphatic hydroxyl groups excluding tert-OH is 1. The van der Waals surface area contributed by atoms with Gasteiger partial charge in [-0.3, -0.25) is 0 Å². The van der Waals surface area contributed by atoms with Gasteiger partial charge in [-0.2, -0.15) is 0 Å². The van der Waals surface area contributed by atoms with Gasteiger partial charge in [0.1, 0.15) is 0 Å². The van der Waals surface area contributed by atoms with Crippen molar-refractivity contribution in [2.45, 2.75) is 30.8 Å². The van der Waals surface area contributed by atoms with E-state index in [1.54, 1.807) is 6.07 Å². The maximum Gasteiger partial charge on any atom is 0.175 e. The number of nitrogens with one attached hydrogen (secondary N) is 1. The van der Waals surface area contributed by atoms with Crippen LogP contribution >= 0.6 is 0 Å². The zero-order chi connectivity index (χ0) is 13.8. The predicted molar refractivity (Wildman–Crippen MR) is 73.4 cm³/mol. The van der Waals surface area contributed by atoms with Gasteiger partial charge in [-0.1, -0.05) is 13.3 Å². The summed E-state index contributed by atoms with van der Waals surface area (Å²) in [5.74, 6) is 0. The molecule has 0 amide bonds. The molecule has 1 aromatic rings. The zero-order valence-corrected chi connectivity index (χ0v) is 11.5. The Hall–Kier alpha value is -1.27. The second-order valence-corrected chi connectivity index (χ2v) is 6.36. The van der Waals surface area contributed by atoms with Crippen molar-refractivity contribution >= 4 is 21.2 Å². The van der Waals surface area contributed by atoms with Gasteiger partial charge < -0.3 is 16.2 Å². The molecule has 1 unspecified atom stereocenters. The Morgan fingerprint density at radius 2 is 2.11 bits per heavy atom. The second kappa shape index (κ2) is 6.06. The summed E-state index contributed by atoms with van der Waals surface area (Å²) in [5.41, 5.74) is 6.77. The third-order valence-electron chi connectivity index (χ3n) is 2.60. The van der Waals surface area contributed by atoms with E-state index in [-0.39, 0.29) is 4.90 Å². The quantitative estimate of drug-likeness (QED) is 0.678. The molecule has 0 aliphatic carbocycles. The number of rotatable bonds is 6. The first-order valence-corrected chi connectivity index (χ1v) is 7.75. The van der Waals surface area contributed by atoms with Gasteiger partial charge in [0, 0.05) is 12.8 Å². The molecule has 0 bridgehead atoms. The van der Waals surface area contributed by atoms with E-state index in [1.165, 1.54) is 12.1 Å². The van der Waals surface area contributed by atoms with Crippen molar-refractivity contribution in [3.05, 3.63) is 18.2 Å². The summed E-state index contributed by atoms with van der Waals surface area (Å²) in [6, 6.07) is 4.54. The molecule has 1 aromatic carbocycles. The van der Waals surface area contributed by atoms with Crippen molar-refractivity contribution in [2.24, 2.45) is 0 Å². The maximum absolute atomic E-state index is 11.3. The molecule has 6 heteroatoms. The number of aliphatic hydroxyl groups is 1. The molecule has 1 rings (SSSR count). The Labute approximate surface area is 108 Å². The van der Waals surface area contributed by atoms with Gasteiger partial charge in [0.2, 0.25) is 0 Å². The summed E-state index contributed by atoms with van der Waals surface area (Å²) in [6.07, 6.45) is 2.34. The number of nitrogen functional groups attached to an aromatic ring is 1. The van der Waals surface area contributed by atoms with Crippen LogP contribution in [0.3, 0.4) is 0 Å². The van der Waals surface area contributed by atoms with Crippen LogP contribution in [-0.4, -0.2) is 32.4 Å². The van der Waals surface area contributed by atoms with Crippen LogP contribution in [0.4, 0.5) is 11.4 Å². The maximum atomic E-state index is 11.3. The molecule has 1 atom stereocenters. The van der Waals surface area contributed by atoms with Crippen LogP contribution in [0.2, 0.25) is 0 Å². The van der Waals surface area contributed by atoms with Crippen LogP contribution in [0.1, 0.15) is 19.8 Å². The molecule has 0 heterocycles. The molecule has 18 heavy (non-hydrogen) atoms. The molecule has 0 saturated carbocycles. The van der Waals surface area contributed by atoms with Crippen molar-refractivity contribution in [1.29, 1.82) is 0 Å². The SMILES string of the molecule is CCCC(O)CNc1ccc(S(C)(=O)=O)cc1N. The first-order chi connectivity index (χ1) is 8.34. The van der Waals surface area contributed by atoms with Gasteiger partial charge >= 0.3 is 0 Å². The molecule has 5 nitrogen and oxygen atoms in total. The van der Waals surface area contributed by atoms with Gasteiger partial charge in [0.25, 0.3) is 0 Å². The van der Waals surface area contributed by atoms with Crippen LogP contribution in [0.25, 0.3) is 0 Å². The van der Waals surface area contributed by atoms with Gasteiger partial charge in [0.05, 0.1) is 22.4 Å². The van der Waals surface area contributed by atoms with E-state index >= 15 is 0 Å². The second-order valence-electron chi connectivity index (χ2n) is 4.34. The lowest BCUT2D eigenvalue weighted by molar-refractivity contribution is 0.176. The molecule has 0 aromatic heterocycles. The normalized spacial score (nSPS) is 13.3. The topological polar surface area (TPSA) is 92.4 Å². The molecular weight excluding hydrogens is 252 g/mol. The monoisotopic (exact) mass is 272 g/mol. The van der Waals surface area contributed by atoms with E-state index in [1.807, 2.05) is 6.92 Å². The Morgan fingerprint density at radius 1 is 1.44 bits per heavy atom. The third kappa shape index (κ3) is 4.19. The van der Waals surface area contributed by atoms with Gasteiger partial charge in [-0.05, 0) is 24.6 Å². The summed E-state index contributed by atoms with van der Waals surface area (Å²) >= 11 is 0. The fourth-order valence-electron chi connectivity index (χ4n) is 1.60. The Morgan fingerprint density at radius 3 is 2.61 bits per heavy atom. The van der Waals surface area contributed by atoms with E-state index in [9.17, 15) is 13.5 Å². The molecule has 0 spiro atoms. The fraction of sp³-hybridized carbons (Fsp3) is 0.500. The highest BCUT2D eigenvalue weighted by Gasteiger charge is 2.10. The summed E-state index contributed by atoms with van der Waals surface area (Å²) in [7, 11) is -3.24. The number of hydrogen-bond acceptors (Lipinski definition) is 5. The number of sulfone groups is 1. The third-order valence-corrected chi connectivity index (χ3v) is 3.71. The van der Waals surface area contributed by atoms with Crippen molar-refractivity contribution in [3.8, 4) is 0 Å². The van der Waals surface area contributed by atoms with Crippen LogP contribution in [-0.2, 0) is 9.84 Å². The molecule has 0 aliphatic heterocycles. The average molecular weight is 272 g/mol. The molecule has 0 aliphatic rings. The van der Waals surface area contributed by atoms with Crippen molar-refractivity contribution in [2.75, 3.05) is 23.9 Å². The van der Waals surface area contributed by atoms with Crippen molar-refractivity contribution < 1.29 is 13.5 Å². The number of anilines is 2. The van der Waals surface area contributed by atoms with Crippen LogP contribution in [0, 0.1) is 0 Å². The summed E-state index contributed by atoms with van der Waals surface area (Å²) in [4.78, 5) is 0.194. The predicted octanol–water partition coefficient (Wildman–Crippen LogP) is 1.25. The average Bonchev–Trinajstić information content (AvgIpc) is 2.26. The molecular formula is C12H20N2O3S. The van der Waals surface area contributed by atoms with E-state index in [4.69, 9.17) is 5.73 Å². The first-order valence-electron chi connectivity index (χ1n) is 5.86. The summed E-state index contributed by atoms with van der Waals surface area (Å²) in [6.45, 7) is 2.40. The highest BCUT2D eigenvalue weighted by molar-refractivity contribution is 7.90. The summed E-state index contributed by atoms with van der Waals surface area (Å²) in [5, 5.41) is 12.6. The van der Waals surface area contributed by atoms with Crippen LogP contribution in [0.5, 0.6) is 0 Å². The highest BCUT2D eigenvalue weighted by Crippen LogP contribution is 2.22.